The molecule has 0 saturated heterocycles. The molecule has 0 atom stereocenters. The first-order chi connectivity index (χ1) is 29.0. The van der Waals surface area contributed by atoms with Gasteiger partial charge in [0, 0.05) is 44.4 Å². The van der Waals surface area contributed by atoms with Gasteiger partial charge in [-0.1, -0.05) is 184 Å². The van der Waals surface area contributed by atoms with Crippen molar-refractivity contribution in [2.24, 2.45) is 0 Å². The van der Waals surface area contributed by atoms with Gasteiger partial charge < -0.3 is 9.47 Å². The third kappa shape index (κ3) is 5.71. The zero-order valence-electron chi connectivity index (χ0n) is 33.2. The van der Waals surface area contributed by atoms with Crippen molar-refractivity contribution in [1.82, 2.24) is 4.57 Å². The molecule has 0 spiro atoms. The van der Waals surface area contributed by atoms with Gasteiger partial charge in [0.2, 0.25) is 0 Å². The van der Waals surface area contributed by atoms with Crippen molar-refractivity contribution < 1.29 is 0 Å². The van der Waals surface area contributed by atoms with Crippen LogP contribution in [0.1, 0.15) is 25.0 Å². The van der Waals surface area contributed by atoms with E-state index in [1.54, 1.807) is 0 Å². The molecule has 9 aromatic carbocycles. The molecule has 0 fully saturated rings. The number of anilines is 3. The van der Waals surface area contributed by atoms with Crippen LogP contribution < -0.4 is 4.90 Å². The van der Waals surface area contributed by atoms with E-state index in [-0.39, 0.29) is 5.41 Å². The number of aromatic nitrogens is 1. The molecule has 0 aliphatic heterocycles. The van der Waals surface area contributed by atoms with Gasteiger partial charge in [-0.15, -0.1) is 0 Å². The lowest BCUT2D eigenvalue weighted by molar-refractivity contribution is 0.660. The number of para-hydroxylation sites is 3. The van der Waals surface area contributed by atoms with Crippen LogP contribution >= 0.6 is 0 Å². The zero-order chi connectivity index (χ0) is 39.5. The second kappa shape index (κ2) is 13.9. The fourth-order valence-corrected chi connectivity index (χ4v) is 9.56. The summed E-state index contributed by atoms with van der Waals surface area (Å²) in [7, 11) is 0. The van der Waals surface area contributed by atoms with Crippen LogP contribution in [0.5, 0.6) is 0 Å². The van der Waals surface area contributed by atoms with Gasteiger partial charge in [0.05, 0.1) is 16.7 Å². The van der Waals surface area contributed by atoms with E-state index in [0.29, 0.717) is 0 Å². The molecular weight excluding hydrogens is 713 g/mol. The fourth-order valence-electron chi connectivity index (χ4n) is 9.56. The monoisotopic (exact) mass is 754 g/mol. The van der Waals surface area contributed by atoms with Crippen molar-refractivity contribution in [3.8, 4) is 50.2 Å². The van der Waals surface area contributed by atoms with Crippen LogP contribution in [-0.2, 0) is 5.41 Å². The number of hydrogen-bond acceptors (Lipinski definition) is 1. The number of rotatable bonds is 7. The maximum atomic E-state index is 2.47. The van der Waals surface area contributed by atoms with Crippen LogP contribution in [-0.4, -0.2) is 4.57 Å². The molecule has 59 heavy (non-hydrogen) atoms. The van der Waals surface area contributed by atoms with E-state index in [1.165, 1.54) is 71.9 Å². The van der Waals surface area contributed by atoms with Crippen molar-refractivity contribution in [1.29, 1.82) is 0 Å². The fraction of sp³-hybridized carbons (Fsp3) is 0.0526. The van der Waals surface area contributed by atoms with Gasteiger partial charge in [0.25, 0.3) is 0 Å². The Morgan fingerprint density at radius 2 is 0.915 bits per heavy atom. The van der Waals surface area contributed by atoms with Crippen LogP contribution in [0.3, 0.4) is 0 Å². The van der Waals surface area contributed by atoms with Crippen molar-refractivity contribution in [2.75, 3.05) is 4.90 Å². The van der Waals surface area contributed by atoms with Crippen LogP contribution in [0.2, 0.25) is 0 Å². The Labute approximate surface area is 345 Å². The molecule has 0 N–H and O–H groups in total. The zero-order valence-corrected chi connectivity index (χ0v) is 33.2. The first kappa shape index (κ1) is 34.8. The van der Waals surface area contributed by atoms with Crippen molar-refractivity contribution in [2.45, 2.75) is 19.3 Å². The summed E-state index contributed by atoms with van der Waals surface area (Å²) in [6.45, 7) is 4.71. The molecule has 10 aromatic rings. The molecule has 1 aliphatic rings. The summed E-state index contributed by atoms with van der Waals surface area (Å²) < 4.78 is 2.47. The van der Waals surface area contributed by atoms with Gasteiger partial charge in [-0.25, -0.2) is 0 Å². The van der Waals surface area contributed by atoms with Crippen molar-refractivity contribution in [3.63, 3.8) is 0 Å². The number of benzene rings is 9. The molecule has 2 nitrogen and oxygen atoms in total. The first-order valence-electron chi connectivity index (χ1n) is 20.5. The molecular formula is C57H42N2. The second-order valence-electron chi connectivity index (χ2n) is 16.1. The van der Waals surface area contributed by atoms with E-state index < -0.39 is 0 Å². The molecule has 1 aromatic heterocycles. The highest BCUT2D eigenvalue weighted by Crippen LogP contribution is 2.51. The van der Waals surface area contributed by atoms with Crippen molar-refractivity contribution in [3.05, 3.63) is 230 Å². The summed E-state index contributed by atoms with van der Waals surface area (Å²) >= 11 is 0. The largest absolute Gasteiger partial charge is 0.310 e. The second-order valence-corrected chi connectivity index (χ2v) is 16.1. The van der Waals surface area contributed by atoms with Crippen LogP contribution in [0.25, 0.3) is 72.0 Å². The number of hydrogen-bond donors (Lipinski definition) is 0. The standard InChI is InChI=1S/C57H42N2/c1-57(2)52-28-12-9-24-48(52)49-36-35-45(38-53(49)57)58(44-22-15-21-42(37-44)39-17-5-3-6-18-39)43-33-31-41(32-34-43)46-23-10-13-29-54(46)59-55-30-14-11-25-50(55)51-27-16-26-47(56(51)59)40-19-7-4-8-20-40/h3-38H,1-2H3. The van der Waals surface area contributed by atoms with Gasteiger partial charge >= 0.3 is 0 Å². The molecule has 0 bridgehead atoms. The molecule has 0 saturated carbocycles. The lowest BCUT2D eigenvalue weighted by Crippen LogP contribution is -2.16. The van der Waals surface area contributed by atoms with E-state index in [1.807, 2.05) is 0 Å². The Morgan fingerprint density at radius 3 is 1.73 bits per heavy atom. The van der Waals surface area contributed by atoms with Gasteiger partial charge in [-0.05, 0) is 93.0 Å². The minimum Gasteiger partial charge on any atom is -0.310 e. The normalized spacial score (nSPS) is 12.7. The van der Waals surface area contributed by atoms with E-state index in [4.69, 9.17) is 0 Å². The minimum atomic E-state index is -0.111. The maximum absolute atomic E-state index is 2.47. The van der Waals surface area contributed by atoms with Gasteiger partial charge in [-0.3, -0.25) is 0 Å². The molecule has 2 heteroatoms. The SMILES string of the molecule is CC1(C)c2ccccc2-c2ccc(N(c3ccc(-c4ccccc4-n4c5ccccc5c5cccc(-c6ccccc6)c54)cc3)c3cccc(-c4ccccc4)c3)cc21. The summed E-state index contributed by atoms with van der Waals surface area (Å²) in [5.41, 5.74) is 19.4. The molecule has 0 unspecified atom stereocenters. The third-order valence-electron chi connectivity index (χ3n) is 12.4. The van der Waals surface area contributed by atoms with Gasteiger partial charge in [0.1, 0.15) is 0 Å². The Bertz CT molecular complexity index is 3170. The first-order valence-corrected chi connectivity index (χ1v) is 20.5. The molecule has 11 rings (SSSR count). The highest BCUT2D eigenvalue weighted by Gasteiger charge is 2.35. The summed E-state index contributed by atoms with van der Waals surface area (Å²) in [5, 5.41) is 2.50. The highest BCUT2D eigenvalue weighted by molar-refractivity contribution is 6.14. The van der Waals surface area contributed by atoms with E-state index >= 15 is 0 Å². The predicted molar refractivity (Wildman–Crippen MR) is 249 cm³/mol. The molecule has 0 amide bonds. The van der Waals surface area contributed by atoms with Crippen LogP contribution in [0.15, 0.2) is 218 Å². The third-order valence-corrected chi connectivity index (χ3v) is 12.4. The smallest absolute Gasteiger partial charge is 0.0619 e. The minimum absolute atomic E-state index is 0.111. The lowest BCUT2D eigenvalue weighted by Gasteiger charge is -2.28. The van der Waals surface area contributed by atoms with Gasteiger partial charge in [-0.2, -0.15) is 0 Å². The summed E-state index contributed by atoms with van der Waals surface area (Å²) in [6.07, 6.45) is 0. The predicted octanol–water partition coefficient (Wildman–Crippen LogP) is 15.6. The van der Waals surface area contributed by atoms with Crippen LogP contribution in [0, 0.1) is 0 Å². The van der Waals surface area contributed by atoms with E-state index in [2.05, 4.69) is 242 Å². The molecule has 1 aliphatic carbocycles. The van der Waals surface area contributed by atoms with Crippen molar-refractivity contribution >= 4 is 38.9 Å². The highest BCUT2D eigenvalue weighted by atomic mass is 15.1. The Hall–Kier alpha value is -7.42. The average Bonchev–Trinajstić information content (AvgIpc) is 3.76. The quantitative estimate of drug-likeness (QED) is 0.157. The molecule has 1 heterocycles. The van der Waals surface area contributed by atoms with Crippen LogP contribution in [0.4, 0.5) is 17.1 Å². The number of nitrogens with zero attached hydrogens (tertiary/aromatic N) is 2. The summed E-state index contributed by atoms with van der Waals surface area (Å²) in [5.74, 6) is 0. The Morgan fingerprint density at radius 1 is 0.356 bits per heavy atom. The summed E-state index contributed by atoms with van der Waals surface area (Å²) in [6, 6.07) is 79.8. The molecule has 280 valence electrons. The maximum Gasteiger partial charge on any atom is 0.0619 e. The summed E-state index contributed by atoms with van der Waals surface area (Å²) in [4.78, 5) is 2.42. The topological polar surface area (TPSA) is 8.17 Å². The number of fused-ring (bicyclic) bond motifs is 6. The lowest BCUT2D eigenvalue weighted by atomic mass is 9.82. The average molecular weight is 755 g/mol. The Kier molecular flexibility index (Phi) is 8.20. The van der Waals surface area contributed by atoms with E-state index in [9.17, 15) is 0 Å². The van der Waals surface area contributed by atoms with E-state index in [0.717, 1.165) is 28.3 Å². The molecule has 0 radical (unpaired) electrons. The van der Waals surface area contributed by atoms with Gasteiger partial charge in [0.15, 0.2) is 0 Å². The Balaban J connectivity index is 1.07.